The van der Waals surface area contributed by atoms with Crippen LogP contribution >= 0.6 is 11.8 Å². The standard InChI is InChI=1S/C22H30N2O3S2/c1-5-21(24(29(4,26)27)20-12-8-18(3)9-13-20)22(25)23-14-15-28-16-19-10-6-17(2)7-11-19/h6-13,21H,5,14-16H2,1-4H3,(H,23,25). The molecule has 0 saturated carbocycles. The van der Waals surface area contributed by atoms with Crippen LogP contribution in [0, 0.1) is 13.8 Å². The number of aryl methyl sites for hydroxylation is 2. The van der Waals surface area contributed by atoms with Crippen molar-refractivity contribution in [3.8, 4) is 0 Å². The van der Waals surface area contributed by atoms with Crippen molar-refractivity contribution in [2.24, 2.45) is 0 Å². The third kappa shape index (κ3) is 7.08. The van der Waals surface area contributed by atoms with E-state index in [1.165, 1.54) is 15.4 Å². The van der Waals surface area contributed by atoms with Crippen molar-refractivity contribution in [3.63, 3.8) is 0 Å². The smallest absolute Gasteiger partial charge is 0.243 e. The van der Waals surface area contributed by atoms with Gasteiger partial charge in [-0.25, -0.2) is 8.42 Å². The minimum Gasteiger partial charge on any atom is -0.353 e. The fraction of sp³-hybridized carbons (Fsp3) is 0.409. The summed E-state index contributed by atoms with van der Waals surface area (Å²) in [5, 5.41) is 2.90. The average Bonchev–Trinajstić information content (AvgIpc) is 2.67. The summed E-state index contributed by atoms with van der Waals surface area (Å²) >= 11 is 1.74. The topological polar surface area (TPSA) is 66.5 Å². The molecule has 2 rings (SSSR count). The van der Waals surface area contributed by atoms with E-state index < -0.39 is 16.1 Å². The second-order valence-corrected chi connectivity index (χ2v) is 10.1. The van der Waals surface area contributed by atoms with Gasteiger partial charge in [0.2, 0.25) is 15.9 Å². The largest absolute Gasteiger partial charge is 0.353 e. The van der Waals surface area contributed by atoms with Gasteiger partial charge in [-0.15, -0.1) is 0 Å². The van der Waals surface area contributed by atoms with Crippen LogP contribution in [-0.4, -0.2) is 38.9 Å². The molecule has 0 aliphatic heterocycles. The quantitative estimate of drug-likeness (QED) is 0.576. The van der Waals surface area contributed by atoms with Crippen LogP contribution in [0.5, 0.6) is 0 Å². The van der Waals surface area contributed by atoms with Gasteiger partial charge in [0.25, 0.3) is 0 Å². The van der Waals surface area contributed by atoms with Gasteiger partial charge in [-0.1, -0.05) is 54.4 Å². The molecule has 1 N–H and O–H groups in total. The maximum atomic E-state index is 12.7. The molecule has 1 atom stereocenters. The summed E-state index contributed by atoms with van der Waals surface area (Å²) in [6, 6.07) is 14.8. The van der Waals surface area contributed by atoms with E-state index in [1.807, 2.05) is 26.0 Å². The highest BCUT2D eigenvalue weighted by atomic mass is 32.2. The van der Waals surface area contributed by atoms with Crippen LogP contribution in [0.25, 0.3) is 0 Å². The highest BCUT2D eigenvalue weighted by molar-refractivity contribution is 7.98. The molecule has 29 heavy (non-hydrogen) atoms. The molecule has 0 heterocycles. The summed E-state index contributed by atoms with van der Waals surface area (Å²) in [6.07, 6.45) is 1.53. The number of sulfonamides is 1. The fourth-order valence-corrected chi connectivity index (χ4v) is 5.02. The SMILES string of the molecule is CCC(C(=O)NCCSCc1ccc(C)cc1)N(c1ccc(C)cc1)S(C)(=O)=O. The minimum atomic E-state index is -3.59. The van der Waals surface area contributed by atoms with Gasteiger partial charge in [0, 0.05) is 18.1 Å². The first-order valence-corrected chi connectivity index (χ1v) is 12.7. The van der Waals surface area contributed by atoms with E-state index in [-0.39, 0.29) is 5.91 Å². The van der Waals surface area contributed by atoms with E-state index in [4.69, 9.17) is 0 Å². The number of rotatable bonds is 10. The second-order valence-electron chi connectivity index (χ2n) is 7.15. The number of thioether (sulfide) groups is 1. The highest BCUT2D eigenvalue weighted by Crippen LogP contribution is 2.23. The Bertz CT molecular complexity index is 895. The van der Waals surface area contributed by atoms with E-state index in [0.29, 0.717) is 18.7 Å². The molecule has 0 radical (unpaired) electrons. The van der Waals surface area contributed by atoms with Crippen LogP contribution in [0.2, 0.25) is 0 Å². The van der Waals surface area contributed by atoms with Gasteiger partial charge in [-0.3, -0.25) is 9.10 Å². The fourth-order valence-electron chi connectivity index (χ4n) is 2.99. The first-order valence-electron chi connectivity index (χ1n) is 9.69. The Hall–Kier alpha value is -1.99. The van der Waals surface area contributed by atoms with Crippen molar-refractivity contribution >= 4 is 33.4 Å². The van der Waals surface area contributed by atoms with Crippen molar-refractivity contribution in [3.05, 3.63) is 65.2 Å². The Kier molecular flexibility index (Phi) is 8.59. The van der Waals surface area contributed by atoms with Crippen LogP contribution in [0.15, 0.2) is 48.5 Å². The maximum Gasteiger partial charge on any atom is 0.243 e. The number of hydrogen-bond acceptors (Lipinski definition) is 4. The van der Waals surface area contributed by atoms with E-state index in [2.05, 4.69) is 36.5 Å². The zero-order valence-electron chi connectivity index (χ0n) is 17.5. The van der Waals surface area contributed by atoms with Crippen LogP contribution in [0.4, 0.5) is 5.69 Å². The molecular weight excluding hydrogens is 404 g/mol. The third-order valence-electron chi connectivity index (χ3n) is 4.55. The minimum absolute atomic E-state index is 0.269. The summed E-state index contributed by atoms with van der Waals surface area (Å²) < 4.78 is 26.1. The van der Waals surface area contributed by atoms with Gasteiger partial charge in [0.05, 0.1) is 11.9 Å². The first kappa shape index (κ1) is 23.3. The Morgan fingerprint density at radius 2 is 1.59 bits per heavy atom. The Labute approximate surface area is 178 Å². The average molecular weight is 435 g/mol. The molecule has 0 aliphatic rings. The number of amides is 1. The molecule has 2 aromatic carbocycles. The number of nitrogens with zero attached hydrogens (tertiary/aromatic N) is 1. The Morgan fingerprint density at radius 3 is 2.10 bits per heavy atom. The molecule has 0 aliphatic carbocycles. The van der Waals surface area contributed by atoms with Crippen molar-refractivity contribution in [2.45, 2.75) is 39.0 Å². The molecule has 0 saturated heterocycles. The van der Waals surface area contributed by atoms with Crippen LogP contribution in [0.1, 0.15) is 30.0 Å². The number of nitrogens with one attached hydrogen (secondary N) is 1. The van der Waals surface area contributed by atoms with Crippen LogP contribution in [-0.2, 0) is 20.6 Å². The lowest BCUT2D eigenvalue weighted by Crippen LogP contribution is -2.49. The highest BCUT2D eigenvalue weighted by Gasteiger charge is 2.31. The monoisotopic (exact) mass is 434 g/mol. The summed E-state index contributed by atoms with van der Waals surface area (Å²) in [4.78, 5) is 12.7. The zero-order chi connectivity index (χ0) is 21.4. The number of hydrogen-bond donors (Lipinski definition) is 1. The lowest BCUT2D eigenvalue weighted by molar-refractivity contribution is -0.122. The van der Waals surface area contributed by atoms with Gasteiger partial charge in [-0.2, -0.15) is 11.8 Å². The van der Waals surface area contributed by atoms with E-state index in [1.54, 1.807) is 23.9 Å². The third-order valence-corrected chi connectivity index (χ3v) is 6.76. The molecule has 5 nitrogen and oxygen atoms in total. The summed E-state index contributed by atoms with van der Waals surface area (Å²) in [7, 11) is -3.59. The molecule has 1 unspecified atom stereocenters. The maximum absolute atomic E-state index is 12.7. The number of benzene rings is 2. The molecule has 0 bridgehead atoms. The Morgan fingerprint density at radius 1 is 1.03 bits per heavy atom. The molecular formula is C22H30N2O3S2. The number of carbonyl (C=O) groups is 1. The molecule has 0 aromatic heterocycles. The van der Waals surface area contributed by atoms with E-state index in [9.17, 15) is 13.2 Å². The summed E-state index contributed by atoms with van der Waals surface area (Å²) in [5.41, 5.74) is 4.03. The molecule has 0 fully saturated rings. The predicted molar refractivity (Wildman–Crippen MR) is 123 cm³/mol. The van der Waals surface area contributed by atoms with Crippen molar-refractivity contribution < 1.29 is 13.2 Å². The predicted octanol–water partition coefficient (Wildman–Crippen LogP) is 3.90. The van der Waals surface area contributed by atoms with Crippen molar-refractivity contribution in [1.82, 2.24) is 5.32 Å². The molecule has 7 heteroatoms. The van der Waals surface area contributed by atoms with Gasteiger partial charge in [0.1, 0.15) is 6.04 Å². The Balaban J connectivity index is 1.94. The van der Waals surface area contributed by atoms with Gasteiger partial charge in [0.15, 0.2) is 0 Å². The van der Waals surface area contributed by atoms with Crippen molar-refractivity contribution in [1.29, 1.82) is 0 Å². The lowest BCUT2D eigenvalue weighted by atomic mass is 10.1. The number of carbonyl (C=O) groups excluding carboxylic acids is 1. The zero-order valence-corrected chi connectivity index (χ0v) is 19.1. The van der Waals surface area contributed by atoms with E-state index >= 15 is 0 Å². The molecule has 0 spiro atoms. The van der Waals surface area contributed by atoms with Gasteiger partial charge < -0.3 is 5.32 Å². The molecule has 158 valence electrons. The van der Waals surface area contributed by atoms with Gasteiger partial charge >= 0.3 is 0 Å². The molecule has 2 aromatic rings. The van der Waals surface area contributed by atoms with Gasteiger partial charge in [-0.05, 0) is 38.0 Å². The van der Waals surface area contributed by atoms with Crippen molar-refractivity contribution in [2.75, 3.05) is 22.9 Å². The summed E-state index contributed by atoms with van der Waals surface area (Å²) in [6.45, 7) is 6.32. The number of anilines is 1. The van der Waals surface area contributed by atoms with Crippen LogP contribution in [0.3, 0.4) is 0 Å². The van der Waals surface area contributed by atoms with Crippen LogP contribution < -0.4 is 9.62 Å². The second kappa shape index (κ2) is 10.7. The summed E-state index contributed by atoms with van der Waals surface area (Å²) in [5.74, 6) is 1.38. The van der Waals surface area contributed by atoms with E-state index in [0.717, 1.165) is 23.3 Å². The lowest BCUT2D eigenvalue weighted by Gasteiger charge is -2.30. The normalized spacial score (nSPS) is 12.4. The first-order chi connectivity index (χ1) is 13.7. The molecule has 1 amide bonds.